The molecular weight excluding hydrogens is 292 g/mol. The zero-order valence-electron chi connectivity index (χ0n) is 16.9. The van der Waals surface area contributed by atoms with Crippen LogP contribution >= 0.6 is 0 Å². The van der Waals surface area contributed by atoms with E-state index in [1.54, 1.807) is 0 Å². The van der Waals surface area contributed by atoms with Crippen molar-refractivity contribution in [2.45, 2.75) is 75.2 Å². The van der Waals surface area contributed by atoms with Crippen molar-refractivity contribution in [3.63, 3.8) is 0 Å². The highest BCUT2D eigenvalue weighted by Gasteiger charge is 2.15. The second-order valence-corrected chi connectivity index (χ2v) is 7.43. The Morgan fingerprint density at radius 3 is 2.04 bits per heavy atom. The van der Waals surface area contributed by atoms with Crippen molar-refractivity contribution in [1.29, 1.82) is 0 Å². The average molecular weight is 325 g/mol. The molecule has 0 aliphatic rings. The number of aromatic nitrogens is 2. The van der Waals surface area contributed by atoms with Gasteiger partial charge in [-0.2, -0.15) is 0 Å². The van der Waals surface area contributed by atoms with E-state index in [0.717, 1.165) is 24.2 Å². The van der Waals surface area contributed by atoms with Crippen LogP contribution in [0, 0.1) is 27.7 Å². The largest absolute Gasteiger partial charge is 0.342 e. The maximum Gasteiger partial charge on any atom is 0.104 e. The van der Waals surface area contributed by atoms with Crippen molar-refractivity contribution in [3.8, 4) is 0 Å². The fourth-order valence-electron chi connectivity index (χ4n) is 3.44. The van der Waals surface area contributed by atoms with Crippen LogP contribution in [0.5, 0.6) is 0 Å². The van der Waals surface area contributed by atoms with Gasteiger partial charge in [-0.3, -0.25) is 0 Å². The van der Waals surface area contributed by atoms with E-state index in [0.29, 0.717) is 0 Å². The van der Waals surface area contributed by atoms with E-state index in [-0.39, 0.29) is 0 Å². The molecule has 0 spiro atoms. The highest BCUT2D eigenvalue weighted by atomic mass is 14.9. The molecule has 0 radical (unpaired) electrons. The van der Waals surface area contributed by atoms with Crippen molar-refractivity contribution >= 4 is 11.0 Å². The minimum atomic E-state index is 0.999. The molecule has 0 saturated heterocycles. The van der Waals surface area contributed by atoms with Crippen molar-refractivity contribution in [2.24, 2.45) is 0 Å². The van der Waals surface area contributed by atoms with Crippen LogP contribution < -0.4 is 0 Å². The number of H-pyrrole nitrogens is 1. The van der Waals surface area contributed by atoms with E-state index in [2.05, 4.69) is 60.4 Å². The van der Waals surface area contributed by atoms with Gasteiger partial charge in [0.2, 0.25) is 0 Å². The molecule has 0 aliphatic carbocycles. The Morgan fingerprint density at radius 2 is 1.46 bits per heavy atom. The fourth-order valence-corrected chi connectivity index (χ4v) is 3.44. The summed E-state index contributed by atoms with van der Waals surface area (Å²) in [5, 5.41) is 0. The molecule has 0 bridgehead atoms. The predicted molar refractivity (Wildman–Crippen MR) is 106 cm³/mol. The van der Waals surface area contributed by atoms with Crippen LogP contribution in [0.4, 0.5) is 0 Å². The molecule has 1 heterocycles. The van der Waals surface area contributed by atoms with Gasteiger partial charge in [0.25, 0.3) is 0 Å². The normalized spacial score (nSPS) is 12.5. The van der Waals surface area contributed by atoms with Gasteiger partial charge < -0.3 is 4.98 Å². The number of aryl methyl sites for hydroxylation is 3. The quantitative estimate of drug-likeness (QED) is 0.646. The Kier molecular flexibility index (Phi) is 5.37. The van der Waals surface area contributed by atoms with Gasteiger partial charge in [-0.05, 0) is 109 Å². The molecule has 2 nitrogen and oxygen atoms in total. The number of hydrogen-bond donors (Lipinski definition) is 1. The lowest BCUT2D eigenvalue weighted by molar-refractivity contribution is 0.905. The molecule has 0 amide bonds. The molecule has 0 fully saturated rings. The van der Waals surface area contributed by atoms with Gasteiger partial charge in [0.1, 0.15) is 5.82 Å². The number of aromatic amines is 1. The minimum Gasteiger partial charge on any atom is -0.342 e. The molecule has 0 atom stereocenters. The summed E-state index contributed by atoms with van der Waals surface area (Å²) in [5.74, 6) is 0.999. The van der Waals surface area contributed by atoms with Gasteiger partial charge in [0.05, 0.1) is 11.0 Å². The lowest BCUT2D eigenvalue weighted by Gasteiger charge is -2.15. The molecule has 2 aromatic rings. The first-order valence-electron chi connectivity index (χ1n) is 8.90. The van der Waals surface area contributed by atoms with Gasteiger partial charge in [-0.15, -0.1) is 0 Å². The van der Waals surface area contributed by atoms with Crippen LogP contribution in [0.2, 0.25) is 0 Å². The van der Waals surface area contributed by atoms with E-state index in [9.17, 15) is 0 Å². The maximum atomic E-state index is 4.71. The van der Waals surface area contributed by atoms with E-state index in [1.807, 2.05) is 6.92 Å². The van der Waals surface area contributed by atoms with E-state index in [4.69, 9.17) is 4.98 Å². The van der Waals surface area contributed by atoms with Gasteiger partial charge in [0.15, 0.2) is 0 Å². The minimum absolute atomic E-state index is 0.999. The molecule has 1 aromatic heterocycles. The Labute approximate surface area is 147 Å². The number of nitrogens with one attached hydrogen (secondary N) is 1. The summed E-state index contributed by atoms with van der Waals surface area (Å²) in [5.41, 5.74) is 13.7. The van der Waals surface area contributed by atoms with Crippen LogP contribution in [0.3, 0.4) is 0 Å². The molecule has 0 unspecified atom stereocenters. The van der Waals surface area contributed by atoms with Gasteiger partial charge in [-0.25, -0.2) is 4.98 Å². The zero-order chi connectivity index (χ0) is 18.2. The fraction of sp³-hybridized carbons (Fsp3) is 0.500. The highest BCUT2D eigenvalue weighted by molar-refractivity contribution is 5.84. The van der Waals surface area contributed by atoms with Crippen molar-refractivity contribution in [1.82, 2.24) is 9.97 Å². The Balaban J connectivity index is 2.41. The predicted octanol–water partition coefficient (Wildman–Crippen LogP) is 6.42. The molecule has 1 N–H and O–H groups in total. The lowest BCUT2D eigenvalue weighted by atomic mass is 9.90. The van der Waals surface area contributed by atoms with Crippen molar-refractivity contribution in [3.05, 3.63) is 50.4 Å². The summed E-state index contributed by atoms with van der Waals surface area (Å²) in [6.45, 7) is 19.9. The summed E-state index contributed by atoms with van der Waals surface area (Å²) in [7, 11) is 0. The van der Waals surface area contributed by atoms with Crippen LogP contribution in [0.25, 0.3) is 11.0 Å². The average Bonchev–Trinajstić information content (AvgIpc) is 2.93. The number of benzene rings is 1. The van der Waals surface area contributed by atoms with Crippen molar-refractivity contribution < 1.29 is 0 Å². The number of hydrogen-bond acceptors (Lipinski definition) is 1. The topological polar surface area (TPSA) is 28.7 Å². The summed E-state index contributed by atoms with van der Waals surface area (Å²) in [6, 6.07) is 0. The van der Waals surface area contributed by atoms with Gasteiger partial charge in [0, 0.05) is 0 Å². The van der Waals surface area contributed by atoms with Gasteiger partial charge in [-0.1, -0.05) is 11.1 Å². The molecule has 24 heavy (non-hydrogen) atoms. The van der Waals surface area contributed by atoms with Crippen LogP contribution in [-0.4, -0.2) is 9.97 Å². The number of imidazole rings is 1. The molecule has 0 saturated carbocycles. The molecule has 2 heteroatoms. The monoisotopic (exact) mass is 324 g/mol. The Morgan fingerprint density at radius 1 is 0.833 bits per heavy atom. The molecular formula is C22H32N2. The Hall–Kier alpha value is -1.83. The number of allylic oxidation sites excluding steroid dienone is 4. The third-order valence-electron chi connectivity index (χ3n) is 5.72. The second-order valence-electron chi connectivity index (χ2n) is 7.43. The molecule has 1 aromatic carbocycles. The Bertz CT molecular complexity index is 841. The van der Waals surface area contributed by atoms with E-state index < -0.39 is 0 Å². The first-order valence-corrected chi connectivity index (χ1v) is 8.90. The standard InChI is InChI=1S/C22H32N2/c1-12(2)14(4)15(5)13(3)10-11-20-16(6)17(7)21-22(18(20)8)24-19(9)23-21/h10-11H2,1-9H3,(H,23,24). The first kappa shape index (κ1) is 18.5. The highest BCUT2D eigenvalue weighted by Crippen LogP contribution is 2.30. The molecule has 2 rings (SSSR count). The van der Waals surface area contributed by atoms with Crippen LogP contribution in [-0.2, 0) is 6.42 Å². The third-order valence-corrected chi connectivity index (χ3v) is 5.72. The summed E-state index contributed by atoms with van der Waals surface area (Å²) in [4.78, 5) is 8.13. The van der Waals surface area contributed by atoms with Crippen LogP contribution in [0.1, 0.15) is 69.1 Å². The summed E-state index contributed by atoms with van der Waals surface area (Å²) < 4.78 is 0. The summed E-state index contributed by atoms with van der Waals surface area (Å²) >= 11 is 0. The summed E-state index contributed by atoms with van der Waals surface area (Å²) in [6.07, 6.45) is 2.19. The smallest absolute Gasteiger partial charge is 0.104 e. The SMILES string of the molecule is CC(C)=C(C)C(C)=C(C)CCc1c(C)c(C)c2[nH]c(C)nc2c1C. The molecule has 130 valence electrons. The van der Waals surface area contributed by atoms with Gasteiger partial charge >= 0.3 is 0 Å². The maximum absolute atomic E-state index is 4.71. The number of rotatable bonds is 4. The zero-order valence-corrected chi connectivity index (χ0v) is 16.9. The van der Waals surface area contributed by atoms with Crippen LogP contribution in [0.15, 0.2) is 22.3 Å². The van der Waals surface area contributed by atoms with E-state index in [1.165, 1.54) is 50.1 Å². The van der Waals surface area contributed by atoms with E-state index >= 15 is 0 Å². The number of nitrogens with zero attached hydrogens (tertiary/aromatic N) is 1. The number of fused-ring (bicyclic) bond motifs is 1. The third kappa shape index (κ3) is 3.33. The molecule has 0 aliphatic heterocycles. The first-order chi connectivity index (χ1) is 11.1. The lowest BCUT2D eigenvalue weighted by Crippen LogP contribution is -2.00. The van der Waals surface area contributed by atoms with Crippen molar-refractivity contribution in [2.75, 3.05) is 0 Å². The second kappa shape index (κ2) is 6.96.